The van der Waals surface area contributed by atoms with Crippen molar-refractivity contribution >= 4 is 0 Å². The lowest BCUT2D eigenvalue weighted by Gasteiger charge is -2.50. The van der Waals surface area contributed by atoms with Crippen LogP contribution in [-0.4, -0.2) is 88.2 Å². The number of likely N-dealkylation sites (tertiary alicyclic amines) is 2. The van der Waals surface area contributed by atoms with E-state index in [1.165, 1.54) is 58.5 Å². The number of nitrogens with zero attached hydrogens (tertiary/aromatic N) is 4. The van der Waals surface area contributed by atoms with E-state index in [-0.39, 0.29) is 0 Å². The van der Waals surface area contributed by atoms with Gasteiger partial charge in [0.1, 0.15) is 0 Å². The van der Waals surface area contributed by atoms with Crippen molar-refractivity contribution in [2.45, 2.75) is 96.1 Å². The molecule has 0 spiro atoms. The van der Waals surface area contributed by atoms with Gasteiger partial charge in [-0.3, -0.25) is 19.6 Å². The molecule has 4 nitrogen and oxygen atoms in total. The van der Waals surface area contributed by atoms with E-state index in [1.54, 1.807) is 0 Å². The summed E-state index contributed by atoms with van der Waals surface area (Å²) < 4.78 is 0. The van der Waals surface area contributed by atoms with Crippen LogP contribution >= 0.6 is 0 Å². The number of hydrogen-bond donors (Lipinski definition) is 0. The zero-order chi connectivity index (χ0) is 17.1. The zero-order valence-corrected chi connectivity index (χ0v) is 16.5. The average Bonchev–Trinajstić information content (AvgIpc) is 2.88. The molecule has 24 heavy (non-hydrogen) atoms. The monoisotopic (exact) mass is 334 g/mol. The molecule has 4 heteroatoms. The van der Waals surface area contributed by atoms with Gasteiger partial charge in [-0.05, 0) is 60.3 Å². The van der Waals surface area contributed by atoms with Gasteiger partial charge in [-0.1, -0.05) is 0 Å². The summed E-state index contributed by atoms with van der Waals surface area (Å²) in [6, 6.07) is 3.93. The van der Waals surface area contributed by atoms with Crippen LogP contribution in [0.25, 0.3) is 0 Å². The minimum Gasteiger partial charge on any atom is -0.298 e. The van der Waals surface area contributed by atoms with Crippen molar-refractivity contribution in [2.75, 3.05) is 32.8 Å². The second-order valence-electron chi connectivity index (χ2n) is 10.1. The van der Waals surface area contributed by atoms with Gasteiger partial charge in [0.2, 0.25) is 0 Å². The molecule has 0 aliphatic carbocycles. The normalized spacial score (nSPS) is 39.2. The highest BCUT2D eigenvalue weighted by Gasteiger charge is 2.46. The Morgan fingerprint density at radius 3 is 1.54 bits per heavy atom. The maximum atomic E-state index is 2.89. The molecule has 0 aromatic rings. The molecule has 0 aromatic carbocycles. The molecule has 4 saturated heterocycles. The van der Waals surface area contributed by atoms with Crippen LogP contribution in [0.3, 0.4) is 0 Å². The third-order valence-electron chi connectivity index (χ3n) is 7.30. The van der Waals surface area contributed by atoms with Crippen LogP contribution in [-0.2, 0) is 0 Å². The predicted molar refractivity (Wildman–Crippen MR) is 100 cm³/mol. The molecular weight excluding hydrogens is 296 g/mol. The van der Waals surface area contributed by atoms with E-state index in [0.29, 0.717) is 11.6 Å². The van der Waals surface area contributed by atoms with Gasteiger partial charge in [0.15, 0.2) is 0 Å². The molecule has 4 aliphatic rings. The van der Waals surface area contributed by atoms with E-state index < -0.39 is 0 Å². The molecular formula is C20H38N4. The van der Waals surface area contributed by atoms with Crippen LogP contribution in [0.4, 0.5) is 0 Å². The molecule has 4 atom stereocenters. The summed E-state index contributed by atoms with van der Waals surface area (Å²) in [6.07, 6.45) is 5.67. The smallest absolute Gasteiger partial charge is 0.0519 e. The lowest BCUT2D eigenvalue weighted by molar-refractivity contribution is -0.0443. The third kappa shape index (κ3) is 3.04. The van der Waals surface area contributed by atoms with Gasteiger partial charge in [-0.2, -0.15) is 0 Å². The van der Waals surface area contributed by atoms with Gasteiger partial charge in [0.25, 0.3) is 0 Å². The SMILES string of the molecule is CC(C)N1CC2CCC(C1)N2CN1C2CCC1CN(C(C)(C)C)C2. The Bertz CT molecular complexity index is 429. The van der Waals surface area contributed by atoms with Crippen molar-refractivity contribution in [3.8, 4) is 0 Å². The molecule has 4 aliphatic heterocycles. The summed E-state index contributed by atoms with van der Waals surface area (Å²) in [5.41, 5.74) is 0.328. The number of rotatable bonds is 3. The predicted octanol–water partition coefficient (Wildman–Crippen LogP) is 2.45. The highest BCUT2D eigenvalue weighted by atomic mass is 15.4. The van der Waals surface area contributed by atoms with Gasteiger partial charge in [-0.25, -0.2) is 0 Å². The first-order chi connectivity index (χ1) is 11.3. The molecule has 4 fully saturated rings. The molecule has 0 saturated carbocycles. The Balaban J connectivity index is 1.41. The van der Waals surface area contributed by atoms with E-state index in [1.807, 2.05) is 0 Å². The van der Waals surface area contributed by atoms with E-state index in [2.05, 4.69) is 54.2 Å². The molecule has 0 N–H and O–H groups in total. The molecule has 4 heterocycles. The van der Waals surface area contributed by atoms with E-state index >= 15 is 0 Å². The molecule has 4 bridgehead atoms. The quantitative estimate of drug-likeness (QED) is 0.786. The van der Waals surface area contributed by atoms with Gasteiger partial charge in [0.05, 0.1) is 6.67 Å². The summed E-state index contributed by atoms with van der Waals surface area (Å²) >= 11 is 0. The average molecular weight is 335 g/mol. The molecule has 4 unspecified atom stereocenters. The van der Waals surface area contributed by atoms with Crippen LogP contribution in [0.2, 0.25) is 0 Å². The second-order valence-corrected chi connectivity index (χ2v) is 10.1. The van der Waals surface area contributed by atoms with Crippen molar-refractivity contribution < 1.29 is 0 Å². The van der Waals surface area contributed by atoms with E-state index in [4.69, 9.17) is 0 Å². The third-order valence-corrected chi connectivity index (χ3v) is 7.30. The van der Waals surface area contributed by atoms with Gasteiger partial charge < -0.3 is 0 Å². The Kier molecular flexibility index (Phi) is 4.48. The molecule has 138 valence electrons. The van der Waals surface area contributed by atoms with Crippen LogP contribution in [0.5, 0.6) is 0 Å². The van der Waals surface area contributed by atoms with Gasteiger partial charge in [-0.15, -0.1) is 0 Å². The number of hydrogen-bond acceptors (Lipinski definition) is 4. The topological polar surface area (TPSA) is 13.0 Å². The highest BCUT2D eigenvalue weighted by molar-refractivity contribution is 5.02. The van der Waals surface area contributed by atoms with Crippen LogP contribution in [0.15, 0.2) is 0 Å². The summed E-state index contributed by atoms with van der Waals surface area (Å²) in [6.45, 7) is 18.3. The first-order valence-electron chi connectivity index (χ1n) is 10.3. The van der Waals surface area contributed by atoms with Crippen LogP contribution in [0.1, 0.15) is 60.3 Å². The fraction of sp³-hybridized carbons (Fsp3) is 1.00. The largest absolute Gasteiger partial charge is 0.298 e. The molecule has 0 radical (unpaired) electrons. The minimum absolute atomic E-state index is 0.328. The standard InChI is InChI=1S/C20H38N4/c1-15(2)21-10-16-6-7-17(11-21)23(16)14-24-18-8-9-19(24)13-22(12-18)20(3,4)5/h15-19H,6-14H2,1-5H3. The lowest BCUT2D eigenvalue weighted by Crippen LogP contribution is -2.63. The van der Waals surface area contributed by atoms with E-state index in [9.17, 15) is 0 Å². The van der Waals surface area contributed by atoms with Crippen LogP contribution < -0.4 is 0 Å². The molecule has 0 aromatic heterocycles. The Morgan fingerprint density at radius 2 is 1.17 bits per heavy atom. The maximum absolute atomic E-state index is 2.89. The molecule has 0 amide bonds. The van der Waals surface area contributed by atoms with E-state index in [0.717, 1.165) is 24.2 Å². The Morgan fingerprint density at radius 1 is 0.750 bits per heavy atom. The summed E-state index contributed by atoms with van der Waals surface area (Å²) in [7, 11) is 0. The van der Waals surface area contributed by atoms with Crippen molar-refractivity contribution in [3.05, 3.63) is 0 Å². The summed E-state index contributed by atoms with van der Waals surface area (Å²) in [4.78, 5) is 11.2. The first kappa shape index (κ1) is 17.3. The molecule has 4 rings (SSSR count). The van der Waals surface area contributed by atoms with Crippen molar-refractivity contribution in [1.29, 1.82) is 0 Å². The van der Waals surface area contributed by atoms with Crippen molar-refractivity contribution in [3.63, 3.8) is 0 Å². The maximum Gasteiger partial charge on any atom is 0.0519 e. The number of piperazine rings is 2. The minimum atomic E-state index is 0.328. The van der Waals surface area contributed by atoms with Gasteiger partial charge >= 0.3 is 0 Å². The number of fused-ring (bicyclic) bond motifs is 4. The van der Waals surface area contributed by atoms with Crippen molar-refractivity contribution in [1.82, 2.24) is 19.6 Å². The van der Waals surface area contributed by atoms with Crippen molar-refractivity contribution in [2.24, 2.45) is 0 Å². The zero-order valence-electron chi connectivity index (χ0n) is 16.5. The lowest BCUT2D eigenvalue weighted by atomic mass is 10.0. The fourth-order valence-corrected chi connectivity index (χ4v) is 5.63. The Hall–Kier alpha value is -0.160. The van der Waals surface area contributed by atoms with Gasteiger partial charge in [0, 0.05) is 61.9 Å². The Labute approximate surface area is 149 Å². The fourth-order valence-electron chi connectivity index (χ4n) is 5.63. The first-order valence-corrected chi connectivity index (χ1v) is 10.3. The summed E-state index contributed by atoms with van der Waals surface area (Å²) in [5.74, 6) is 0. The van der Waals surface area contributed by atoms with Crippen LogP contribution in [0, 0.1) is 0 Å². The summed E-state index contributed by atoms with van der Waals surface area (Å²) in [5, 5.41) is 0. The highest BCUT2D eigenvalue weighted by Crippen LogP contribution is 2.37. The second kappa shape index (κ2) is 6.22.